The van der Waals surface area contributed by atoms with Gasteiger partial charge in [-0.05, 0) is 72.7 Å². The van der Waals surface area contributed by atoms with Crippen LogP contribution in [0.2, 0.25) is 0 Å². The first-order valence-corrected chi connectivity index (χ1v) is 14.5. The van der Waals surface area contributed by atoms with Crippen LogP contribution in [0.1, 0.15) is 65.2 Å². The topological polar surface area (TPSA) is 127 Å². The first-order chi connectivity index (χ1) is 19.5. The van der Waals surface area contributed by atoms with Crippen LogP contribution in [0, 0.1) is 13.8 Å². The van der Waals surface area contributed by atoms with Gasteiger partial charge in [0.1, 0.15) is 10.5 Å². The molecule has 6 rings (SSSR count). The Balaban J connectivity index is 1.40. The van der Waals surface area contributed by atoms with Crippen LogP contribution >= 0.6 is 0 Å². The zero-order valence-electron chi connectivity index (χ0n) is 22.3. The molecule has 0 amide bonds. The highest BCUT2D eigenvalue weighted by atomic mass is 32.2. The van der Waals surface area contributed by atoms with Crippen molar-refractivity contribution in [1.29, 1.82) is 0 Å². The van der Waals surface area contributed by atoms with E-state index in [2.05, 4.69) is 15.2 Å². The second-order valence-electron chi connectivity index (χ2n) is 10.6. The lowest BCUT2D eigenvalue weighted by Crippen LogP contribution is -2.38. The summed E-state index contributed by atoms with van der Waals surface area (Å²) >= 11 is 0. The van der Waals surface area contributed by atoms with Gasteiger partial charge in [-0.2, -0.15) is 4.31 Å². The van der Waals surface area contributed by atoms with Crippen molar-refractivity contribution in [1.82, 2.24) is 23.9 Å². The van der Waals surface area contributed by atoms with Gasteiger partial charge in [0.25, 0.3) is 6.43 Å². The Morgan fingerprint density at radius 3 is 2.66 bits per heavy atom. The summed E-state index contributed by atoms with van der Waals surface area (Å²) in [6.07, 6.45) is 1.27. The molecule has 4 aromatic rings. The predicted molar refractivity (Wildman–Crippen MR) is 142 cm³/mol. The summed E-state index contributed by atoms with van der Waals surface area (Å²) in [6, 6.07) is 10.1. The highest BCUT2D eigenvalue weighted by Crippen LogP contribution is 2.46. The van der Waals surface area contributed by atoms with Gasteiger partial charge in [0.05, 0.1) is 13.0 Å². The van der Waals surface area contributed by atoms with E-state index in [1.165, 1.54) is 27.2 Å². The minimum atomic E-state index is -3.93. The quantitative estimate of drug-likeness (QED) is 0.339. The van der Waals surface area contributed by atoms with Crippen LogP contribution in [-0.2, 0) is 21.4 Å². The molecule has 1 aliphatic carbocycles. The Hall–Kier alpha value is -3.97. The van der Waals surface area contributed by atoms with Crippen LogP contribution in [0.25, 0.3) is 5.65 Å². The summed E-state index contributed by atoms with van der Waals surface area (Å²) < 4.78 is 62.9. The van der Waals surface area contributed by atoms with Crippen molar-refractivity contribution >= 4 is 21.6 Å². The lowest BCUT2D eigenvalue weighted by atomic mass is 9.85. The minimum Gasteiger partial charge on any atom is -0.481 e. The molecule has 2 aliphatic rings. The van der Waals surface area contributed by atoms with Crippen molar-refractivity contribution in [2.75, 3.05) is 6.54 Å². The number of hydrogen-bond acceptors (Lipinski definition) is 7. The molecule has 214 valence electrons. The van der Waals surface area contributed by atoms with E-state index in [4.69, 9.17) is 4.74 Å². The van der Waals surface area contributed by atoms with Crippen molar-refractivity contribution < 1.29 is 31.8 Å². The summed E-state index contributed by atoms with van der Waals surface area (Å²) in [5, 5.41) is 17.3. The number of aliphatic carboxylic acids is 1. The Labute approximate surface area is 234 Å². The van der Waals surface area contributed by atoms with Crippen LogP contribution in [0.5, 0.6) is 5.88 Å². The average Bonchev–Trinajstić information content (AvgIpc) is 3.54. The molecule has 1 unspecified atom stereocenters. The highest BCUT2D eigenvalue weighted by Gasteiger charge is 2.52. The van der Waals surface area contributed by atoms with E-state index < -0.39 is 39.8 Å². The van der Waals surface area contributed by atoms with Gasteiger partial charge >= 0.3 is 5.97 Å². The van der Waals surface area contributed by atoms with E-state index in [1.807, 2.05) is 25.1 Å². The number of ether oxygens (including phenoxy) is 1. The molecule has 10 nitrogen and oxygen atoms in total. The maximum absolute atomic E-state index is 13.7. The molecule has 1 fully saturated rings. The number of rotatable bonds is 7. The number of sulfonamides is 1. The summed E-state index contributed by atoms with van der Waals surface area (Å²) in [6.45, 7) is 3.79. The first kappa shape index (κ1) is 27.2. The van der Waals surface area contributed by atoms with Crippen LogP contribution in [0.15, 0.2) is 53.7 Å². The van der Waals surface area contributed by atoms with Crippen LogP contribution in [0.4, 0.5) is 8.78 Å². The summed E-state index contributed by atoms with van der Waals surface area (Å²) in [5.74, 6) is -2.07. The predicted octanol–water partition coefficient (Wildman–Crippen LogP) is 4.40. The second kappa shape index (κ2) is 9.84. The number of aryl methyl sites for hydroxylation is 2. The normalized spacial score (nSPS) is 18.2. The number of fused-ring (bicyclic) bond motifs is 2. The molecule has 0 radical (unpaired) electrons. The van der Waals surface area contributed by atoms with E-state index in [0.29, 0.717) is 35.1 Å². The first-order valence-electron chi connectivity index (χ1n) is 13.1. The molecule has 3 aromatic heterocycles. The van der Waals surface area contributed by atoms with E-state index >= 15 is 0 Å². The fraction of sp³-hybridized carbons (Fsp3) is 0.357. The van der Waals surface area contributed by atoms with Gasteiger partial charge in [0, 0.05) is 24.9 Å². The second-order valence-corrected chi connectivity index (χ2v) is 12.6. The fourth-order valence-electron chi connectivity index (χ4n) is 5.46. The molecule has 0 saturated heterocycles. The number of carboxylic acids is 1. The maximum atomic E-state index is 13.7. The van der Waals surface area contributed by atoms with E-state index in [-0.39, 0.29) is 35.9 Å². The molecule has 1 atom stereocenters. The highest BCUT2D eigenvalue weighted by molar-refractivity contribution is 7.89. The van der Waals surface area contributed by atoms with Gasteiger partial charge in [0.2, 0.25) is 21.7 Å². The van der Waals surface area contributed by atoms with Crippen LogP contribution < -0.4 is 4.74 Å². The Morgan fingerprint density at radius 2 is 1.95 bits per heavy atom. The number of halogens is 2. The average molecular weight is 584 g/mol. The number of alkyl halides is 2. The van der Waals surface area contributed by atoms with Crippen molar-refractivity contribution in [2.45, 2.75) is 62.5 Å². The molecule has 13 heteroatoms. The van der Waals surface area contributed by atoms with Crippen molar-refractivity contribution in [3.05, 3.63) is 82.4 Å². The molecule has 1 N–H and O–H groups in total. The number of hydrogen-bond donors (Lipinski definition) is 1. The zero-order valence-corrected chi connectivity index (χ0v) is 23.1. The van der Waals surface area contributed by atoms with Crippen molar-refractivity contribution in [3.8, 4) is 5.88 Å². The SMILES string of the molecule is Cc1ccc(C(CC(=O)O)c2ccn3c(C(F)F)nnc3c2C)cc1CN1CC2(CC2)Oc2ncccc2S1(=O)=O. The third kappa shape index (κ3) is 4.82. The van der Waals surface area contributed by atoms with Crippen molar-refractivity contribution in [2.24, 2.45) is 0 Å². The van der Waals surface area contributed by atoms with E-state index in [1.54, 1.807) is 19.1 Å². The number of pyridine rings is 2. The molecule has 1 aliphatic heterocycles. The zero-order chi connectivity index (χ0) is 29.1. The van der Waals surface area contributed by atoms with Gasteiger partial charge in [-0.1, -0.05) is 18.2 Å². The minimum absolute atomic E-state index is 0.0155. The number of aromatic nitrogens is 4. The molecule has 0 bridgehead atoms. The molecule has 41 heavy (non-hydrogen) atoms. The Morgan fingerprint density at radius 1 is 1.17 bits per heavy atom. The Bertz CT molecular complexity index is 1790. The number of carbonyl (C=O) groups is 1. The standard InChI is InChI=1S/C28H27F2N5O5S/c1-16-5-6-18(21(13-23(36)37)20-7-11-35-25(17(20)2)32-33-26(35)24(29)30)12-19(16)14-34-15-28(8-9-28)40-27-22(41(34,38)39)4-3-10-31-27/h3-7,10-12,21,24H,8-9,13-15H2,1-2H3,(H,36,37). The molecule has 4 heterocycles. The van der Waals surface area contributed by atoms with Gasteiger partial charge in [-0.15, -0.1) is 10.2 Å². The fourth-order valence-corrected chi connectivity index (χ4v) is 7.02. The largest absolute Gasteiger partial charge is 0.481 e. The molecule has 1 saturated carbocycles. The molecule has 1 aromatic carbocycles. The maximum Gasteiger partial charge on any atom is 0.304 e. The van der Waals surface area contributed by atoms with E-state index in [9.17, 15) is 27.1 Å². The van der Waals surface area contributed by atoms with Gasteiger partial charge < -0.3 is 9.84 Å². The monoisotopic (exact) mass is 583 g/mol. The summed E-state index contributed by atoms with van der Waals surface area (Å²) in [5.41, 5.74) is 2.95. The molecule has 1 spiro atoms. The molecular weight excluding hydrogens is 556 g/mol. The smallest absolute Gasteiger partial charge is 0.304 e. The molecular formula is C28H27F2N5O5S. The number of benzene rings is 1. The lowest BCUT2D eigenvalue weighted by Gasteiger charge is -2.25. The van der Waals surface area contributed by atoms with Gasteiger partial charge in [-0.3, -0.25) is 9.20 Å². The third-order valence-corrected chi connectivity index (χ3v) is 9.71. The van der Waals surface area contributed by atoms with Crippen LogP contribution in [0.3, 0.4) is 0 Å². The third-order valence-electron chi connectivity index (χ3n) is 7.90. The summed E-state index contributed by atoms with van der Waals surface area (Å²) in [7, 11) is -3.93. The van der Waals surface area contributed by atoms with Gasteiger partial charge in [-0.25, -0.2) is 22.2 Å². The lowest BCUT2D eigenvalue weighted by molar-refractivity contribution is -0.137. The van der Waals surface area contributed by atoms with Gasteiger partial charge in [0.15, 0.2) is 5.65 Å². The van der Waals surface area contributed by atoms with Crippen molar-refractivity contribution in [3.63, 3.8) is 0 Å². The Kier molecular flexibility index (Phi) is 6.53. The van der Waals surface area contributed by atoms with E-state index in [0.717, 1.165) is 5.56 Å². The van der Waals surface area contributed by atoms with Crippen LogP contribution in [-0.4, -0.2) is 55.5 Å². The summed E-state index contributed by atoms with van der Waals surface area (Å²) in [4.78, 5) is 16.2. The number of carboxylic acid groups (broad SMARTS) is 1. The number of nitrogens with zero attached hydrogens (tertiary/aromatic N) is 5.